The number of hydrogen-bond acceptors (Lipinski definition) is 5. The Bertz CT molecular complexity index is 680. The molecule has 0 aromatic carbocycles. The number of esters is 1. The largest absolute Gasteiger partial charge is 0.466 e. The molecule has 1 saturated heterocycles. The van der Waals surface area contributed by atoms with Gasteiger partial charge in [-0.05, 0) is 32.6 Å². The summed E-state index contributed by atoms with van der Waals surface area (Å²) in [7, 11) is 0. The third-order valence-corrected chi connectivity index (χ3v) is 6.79. The molecule has 2 N–H and O–H groups in total. The minimum absolute atomic E-state index is 0.00704. The molecule has 9 heteroatoms. The highest BCUT2D eigenvalue weighted by molar-refractivity contribution is 5.89. The lowest BCUT2D eigenvalue weighted by Crippen LogP contribution is -2.61. The first-order valence-corrected chi connectivity index (χ1v) is 12.6. The van der Waals surface area contributed by atoms with Gasteiger partial charge in [0.2, 0.25) is 11.8 Å². The molecular formula is C24H42N4O5. The monoisotopic (exact) mass is 466 g/mol. The zero-order valence-electron chi connectivity index (χ0n) is 20.7. The Balaban J connectivity index is 1.91. The summed E-state index contributed by atoms with van der Waals surface area (Å²) < 4.78 is 4.87. The second-order valence-electron chi connectivity index (χ2n) is 9.35. The SMILES string of the molecule is CCOC(=O)CCC(=O)NC(C(=O)N1CCN(C(=O)NC2CCCCC2)C(C)C1)C(C)CC. The zero-order valence-corrected chi connectivity index (χ0v) is 20.7. The molecule has 3 atom stereocenters. The van der Waals surface area contributed by atoms with E-state index in [9.17, 15) is 19.2 Å². The van der Waals surface area contributed by atoms with Gasteiger partial charge in [0.25, 0.3) is 0 Å². The van der Waals surface area contributed by atoms with Gasteiger partial charge in [-0.1, -0.05) is 39.5 Å². The lowest BCUT2D eigenvalue weighted by Gasteiger charge is -2.42. The third kappa shape index (κ3) is 8.19. The van der Waals surface area contributed by atoms with Gasteiger partial charge >= 0.3 is 12.0 Å². The zero-order chi connectivity index (χ0) is 24.4. The second-order valence-corrected chi connectivity index (χ2v) is 9.35. The Morgan fingerprint density at radius 2 is 1.73 bits per heavy atom. The van der Waals surface area contributed by atoms with Crippen molar-refractivity contribution in [2.45, 2.75) is 97.2 Å². The van der Waals surface area contributed by atoms with Crippen molar-refractivity contribution in [1.29, 1.82) is 0 Å². The van der Waals surface area contributed by atoms with E-state index in [1.165, 1.54) is 6.42 Å². The predicted octanol–water partition coefficient (Wildman–Crippen LogP) is 2.44. The molecule has 0 aromatic heterocycles. The molecule has 1 aliphatic carbocycles. The number of nitrogens with zero attached hydrogens (tertiary/aromatic N) is 2. The van der Waals surface area contributed by atoms with Crippen LogP contribution in [-0.2, 0) is 19.1 Å². The summed E-state index contributed by atoms with van der Waals surface area (Å²) >= 11 is 0. The highest BCUT2D eigenvalue weighted by Gasteiger charge is 2.35. The molecule has 188 valence electrons. The van der Waals surface area contributed by atoms with Gasteiger partial charge in [0.1, 0.15) is 6.04 Å². The van der Waals surface area contributed by atoms with Crippen molar-refractivity contribution in [2.24, 2.45) is 5.92 Å². The van der Waals surface area contributed by atoms with E-state index in [0.29, 0.717) is 19.6 Å². The molecule has 0 aromatic rings. The van der Waals surface area contributed by atoms with Crippen LogP contribution in [0.4, 0.5) is 4.79 Å². The standard InChI is InChI=1S/C24H42N4O5/c1-5-17(3)22(26-20(29)12-13-21(30)33-6-2)23(31)27-14-15-28(18(4)16-27)24(32)25-19-10-8-7-9-11-19/h17-19,22H,5-16H2,1-4H3,(H,25,32)(H,26,29). The van der Waals surface area contributed by atoms with Gasteiger partial charge in [-0.15, -0.1) is 0 Å². The average Bonchev–Trinajstić information content (AvgIpc) is 2.81. The van der Waals surface area contributed by atoms with Crippen molar-refractivity contribution >= 4 is 23.8 Å². The van der Waals surface area contributed by atoms with Crippen molar-refractivity contribution in [3.63, 3.8) is 0 Å². The Morgan fingerprint density at radius 1 is 1.03 bits per heavy atom. The quantitative estimate of drug-likeness (QED) is 0.508. The second kappa shape index (κ2) is 13.4. The fourth-order valence-electron chi connectivity index (χ4n) is 4.54. The summed E-state index contributed by atoms with van der Waals surface area (Å²) in [6, 6.07) is -0.562. The fourth-order valence-corrected chi connectivity index (χ4v) is 4.54. The van der Waals surface area contributed by atoms with Crippen molar-refractivity contribution < 1.29 is 23.9 Å². The summed E-state index contributed by atoms with van der Waals surface area (Å²) in [5.74, 6) is -0.934. The van der Waals surface area contributed by atoms with Crippen molar-refractivity contribution in [1.82, 2.24) is 20.4 Å². The molecule has 1 aliphatic heterocycles. The predicted molar refractivity (Wildman–Crippen MR) is 125 cm³/mol. The lowest BCUT2D eigenvalue weighted by molar-refractivity contribution is -0.144. The average molecular weight is 467 g/mol. The Kier molecular flexibility index (Phi) is 10.9. The number of ether oxygens (including phenoxy) is 1. The molecular weight excluding hydrogens is 424 g/mol. The van der Waals surface area contributed by atoms with Gasteiger partial charge in [0.15, 0.2) is 0 Å². The maximum atomic E-state index is 13.3. The summed E-state index contributed by atoms with van der Waals surface area (Å²) in [6.07, 6.45) is 6.33. The van der Waals surface area contributed by atoms with E-state index < -0.39 is 12.0 Å². The summed E-state index contributed by atoms with van der Waals surface area (Å²) in [5, 5.41) is 5.99. The molecule has 0 bridgehead atoms. The van der Waals surface area contributed by atoms with Gasteiger partial charge in [-0.2, -0.15) is 0 Å². The topological polar surface area (TPSA) is 108 Å². The summed E-state index contributed by atoms with van der Waals surface area (Å²) in [5.41, 5.74) is 0. The van der Waals surface area contributed by atoms with Crippen LogP contribution >= 0.6 is 0 Å². The molecule has 0 spiro atoms. The molecule has 33 heavy (non-hydrogen) atoms. The van der Waals surface area contributed by atoms with Crippen molar-refractivity contribution in [3.05, 3.63) is 0 Å². The van der Waals surface area contributed by atoms with Crippen LogP contribution < -0.4 is 10.6 Å². The molecule has 0 radical (unpaired) electrons. The Morgan fingerprint density at radius 3 is 2.33 bits per heavy atom. The number of rotatable bonds is 9. The van der Waals surface area contributed by atoms with E-state index in [2.05, 4.69) is 10.6 Å². The molecule has 1 heterocycles. The first-order chi connectivity index (χ1) is 15.8. The molecule has 2 fully saturated rings. The number of carbonyl (C=O) groups excluding carboxylic acids is 4. The minimum atomic E-state index is -0.653. The van der Waals surface area contributed by atoms with Crippen LogP contribution in [0.2, 0.25) is 0 Å². The van der Waals surface area contributed by atoms with Gasteiger partial charge < -0.3 is 25.2 Å². The third-order valence-electron chi connectivity index (χ3n) is 6.79. The van der Waals surface area contributed by atoms with Crippen molar-refractivity contribution in [3.8, 4) is 0 Å². The van der Waals surface area contributed by atoms with Crippen LogP contribution in [0.5, 0.6) is 0 Å². The van der Waals surface area contributed by atoms with Gasteiger partial charge in [-0.3, -0.25) is 14.4 Å². The number of carbonyl (C=O) groups is 4. The van der Waals surface area contributed by atoms with Crippen molar-refractivity contribution in [2.75, 3.05) is 26.2 Å². The van der Waals surface area contributed by atoms with Crippen LogP contribution in [0.1, 0.15) is 79.1 Å². The maximum absolute atomic E-state index is 13.3. The molecule has 2 aliphatic rings. The molecule has 1 saturated carbocycles. The molecule has 3 unspecified atom stereocenters. The first-order valence-electron chi connectivity index (χ1n) is 12.6. The van der Waals surface area contributed by atoms with Crippen LogP contribution in [0, 0.1) is 5.92 Å². The Hall–Kier alpha value is -2.32. The van der Waals surface area contributed by atoms with Crippen LogP contribution in [0.3, 0.4) is 0 Å². The molecule has 9 nitrogen and oxygen atoms in total. The molecule has 2 rings (SSSR count). The number of piperazine rings is 1. The van der Waals surface area contributed by atoms with Crippen LogP contribution in [0.25, 0.3) is 0 Å². The van der Waals surface area contributed by atoms with Crippen LogP contribution in [-0.4, -0.2) is 78.0 Å². The lowest BCUT2D eigenvalue weighted by atomic mass is 9.95. The van der Waals surface area contributed by atoms with E-state index in [-0.39, 0.29) is 55.3 Å². The highest BCUT2D eigenvalue weighted by atomic mass is 16.5. The maximum Gasteiger partial charge on any atom is 0.317 e. The normalized spacial score (nSPS) is 21.2. The summed E-state index contributed by atoms with van der Waals surface area (Å²) in [4.78, 5) is 53.6. The van der Waals surface area contributed by atoms with Crippen LogP contribution in [0.15, 0.2) is 0 Å². The smallest absolute Gasteiger partial charge is 0.317 e. The number of amides is 4. The van der Waals surface area contributed by atoms with E-state index in [0.717, 1.165) is 32.1 Å². The highest BCUT2D eigenvalue weighted by Crippen LogP contribution is 2.19. The van der Waals surface area contributed by atoms with E-state index in [4.69, 9.17) is 4.74 Å². The van der Waals surface area contributed by atoms with E-state index >= 15 is 0 Å². The summed E-state index contributed by atoms with van der Waals surface area (Å²) in [6.45, 7) is 9.20. The van der Waals surface area contributed by atoms with Gasteiger partial charge in [0, 0.05) is 38.1 Å². The Labute approximate surface area is 198 Å². The van der Waals surface area contributed by atoms with E-state index in [1.807, 2.05) is 25.7 Å². The number of urea groups is 1. The minimum Gasteiger partial charge on any atom is -0.466 e. The van der Waals surface area contributed by atoms with Gasteiger partial charge in [0.05, 0.1) is 13.0 Å². The number of nitrogens with one attached hydrogen (secondary N) is 2. The molecule has 4 amide bonds. The van der Waals surface area contributed by atoms with Gasteiger partial charge in [-0.25, -0.2) is 4.79 Å². The number of hydrogen-bond donors (Lipinski definition) is 2. The fraction of sp³-hybridized carbons (Fsp3) is 0.833. The van der Waals surface area contributed by atoms with E-state index in [1.54, 1.807) is 11.8 Å². The first kappa shape index (κ1) is 26.9.